The molecular weight excluding hydrogens is 218 g/mol. The monoisotopic (exact) mass is 241 g/mol. The molecule has 0 heterocycles. The van der Waals surface area contributed by atoms with Crippen LogP contribution in [0.5, 0.6) is 0 Å². The molecule has 0 aromatic carbocycles. The zero-order valence-corrected chi connectivity index (χ0v) is 11.6. The van der Waals surface area contributed by atoms with Gasteiger partial charge in [-0.1, -0.05) is 20.8 Å². The average Bonchev–Trinajstić information content (AvgIpc) is 2.40. The zero-order valence-electron chi connectivity index (χ0n) is 11.6. The van der Waals surface area contributed by atoms with Crippen molar-refractivity contribution in [2.45, 2.75) is 40.5 Å². The zero-order chi connectivity index (χ0) is 13.6. The van der Waals surface area contributed by atoms with E-state index in [1.54, 1.807) is 25.9 Å². The highest BCUT2D eigenvalue weighted by molar-refractivity contribution is 5.86. The summed E-state index contributed by atoms with van der Waals surface area (Å²) in [7, 11) is 3.44. The van der Waals surface area contributed by atoms with Gasteiger partial charge in [-0.25, -0.2) is 0 Å². The van der Waals surface area contributed by atoms with Gasteiger partial charge in [-0.05, 0) is 25.2 Å². The average molecular weight is 241 g/mol. The second-order valence-corrected chi connectivity index (χ2v) is 6.29. The lowest BCUT2D eigenvalue weighted by atomic mass is 9.59. The Labute approximate surface area is 103 Å². The van der Waals surface area contributed by atoms with E-state index in [2.05, 4.69) is 0 Å². The summed E-state index contributed by atoms with van der Waals surface area (Å²) in [6, 6.07) is 0. The molecule has 1 aliphatic rings. The third-order valence-corrected chi connectivity index (χ3v) is 5.23. The molecule has 0 saturated heterocycles. The molecule has 1 rings (SSSR count). The number of hydrogen-bond acceptors (Lipinski definition) is 2. The first-order chi connectivity index (χ1) is 7.50. The van der Waals surface area contributed by atoms with Crippen LogP contribution in [-0.2, 0) is 9.59 Å². The maximum Gasteiger partial charge on any atom is 0.309 e. The van der Waals surface area contributed by atoms with Crippen molar-refractivity contribution in [1.29, 1.82) is 0 Å². The number of carboxylic acids is 1. The number of nitrogens with zero attached hydrogens (tertiary/aromatic N) is 1. The lowest BCUT2D eigenvalue weighted by Gasteiger charge is -2.45. The molecule has 0 aromatic heterocycles. The van der Waals surface area contributed by atoms with Gasteiger partial charge in [-0.2, -0.15) is 0 Å². The molecule has 2 atom stereocenters. The summed E-state index contributed by atoms with van der Waals surface area (Å²) >= 11 is 0. The summed E-state index contributed by atoms with van der Waals surface area (Å²) in [5.74, 6) is -0.787. The highest BCUT2D eigenvalue weighted by Crippen LogP contribution is 2.63. The molecule has 17 heavy (non-hydrogen) atoms. The van der Waals surface area contributed by atoms with Crippen molar-refractivity contribution in [3.8, 4) is 0 Å². The van der Waals surface area contributed by atoms with Crippen molar-refractivity contribution in [3.05, 3.63) is 0 Å². The minimum atomic E-state index is -0.840. The van der Waals surface area contributed by atoms with E-state index < -0.39 is 22.2 Å². The van der Waals surface area contributed by atoms with Crippen LogP contribution in [-0.4, -0.2) is 36.0 Å². The van der Waals surface area contributed by atoms with Gasteiger partial charge >= 0.3 is 5.97 Å². The van der Waals surface area contributed by atoms with Crippen molar-refractivity contribution in [2.75, 3.05) is 14.1 Å². The highest BCUT2D eigenvalue weighted by Gasteiger charge is 2.64. The van der Waals surface area contributed by atoms with E-state index in [1.165, 1.54) is 0 Å². The van der Waals surface area contributed by atoms with Gasteiger partial charge in [0.25, 0.3) is 0 Å². The number of rotatable bonds is 2. The Morgan fingerprint density at radius 2 is 1.41 bits per heavy atom. The van der Waals surface area contributed by atoms with Crippen molar-refractivity contribution >= 4 is 11.9 Å². The molecule has 1 saturated carbocycles. The number of aliphatic carboxylic acids is 1. The van der Waals surface area contributed by atoms with Gasteiger partial charge in [-0.3, -0.25) is 9.59 Å². The molecule has 0 bridgehead atoms. The van der Waals surface area contributed by atoms with Gasteiger partial charge < -0.3 is 10.0 Å². The SMILES string of the molecule is CN(C)C(=O)C1(C)CCC(C)(C(=O)O)C1(C)C. The summed E-state index contributed by atoms with van der Waals surface area (Å²) in [6.07, 6.45) is 1.17. The van der Waals surface area contributed by atoms with Crippen LogP contribution in [0.2, 0.25) is 0 Å². The lowest BCUT2D eigenvalue weighted by molar-refractivity contribution is -0.160. The van der Waals surface area contributed by atoms with Crippen molar-refractivity contribution in [3.63, 3.8) is 0 Å². The van der Waals surface area contributed by atoms with Crippen molar-refractivity contribution < 1.29 is 14.7 Å². The molecule has 4 nitrogen and oxygen atoms in total. The van der Waals surface area contributed by atoms with Gasteiger partial charge in [0.05, 0.1) is 10.8 Å². The normalized spacial score (nSPS) is 35.6. The Morgan fingerprint density at radius 1 is 1.00 bits per heavy atom. The second kappa shape index (κ2) is 3.72. The number of amides is 1. The minimum Gasteiger partial charge on any atom is -0.481 e. The van der Waals surface area contributed by atoms with Crippen LogP contribution in [0.15, 0.2) is 0 Å². The molecule has 4 heteroatoms. The Morgan fingerprint density at radius 3 is 1.71 bits per heavy atom. The summed E-state index contributed by atoms with van der Waals surface area (Å²) in [5, 5.41) is 9.44. The molecule has 1 aliphatic carbocycles. The molecule has 0 radical (unpaired) electrons. The van der Waals surface area contributed by atoms with Crippen LogP contribution in [0, 0.1) is 16.2 Å². The molecule has 1 fully saturated rings. The third kappa shape index (κ3) is 1.57. The summed E-state index contributed by atoms with van der Waals surface area (Å²) in [4.78, 5) is 25.4. The minimum absolute atomic E-state index is 0.0208. The standard InChI is InChI=1S/C13H23NO3/c1-11(2)12(3,9(15)14(5)6)7-8-13(11,4)10(16)17/h7-8H2,1-6H3,(H,16,17). The fourth-order valence-corrected chi connectivity index (χ4v) is 2.98. The number of hydrogen-bond donors (Lipinski definition) is 1. The van der Waals surface area contributed by atoms with Crippen LogP contribution in [0.1, 0.15) is 40.5 Å². The summed E-state index contributed by atoms with van der Waals surface area (Å²) < 4.78 is 0. The van der Waals surface area contributed by atoms with E-state index in [-0.39, 0.29) is 5.91 Å². The first-order valence-corrected chi connectivity index (χ1v) is 5.96. The third-order valence-electron chi connectivity index (χ3n) is 5.23. The fourth-order valence-electron chi connectivity index (χ4n) is 2.98. The summed E-state index contributed by atoms with van der Waals surface area (Å²) in [5.41, 5.74) is -2.01. The topological polar surface area (TPSA) is 57.6 Å². The maximum absolute atomic E-state index is 12.3. The lowest BCUT2D eigenvalue weighted by Crippen LogP contribution is -2.51. The molecule has 0 spiro atoms. The molecule has 1 N–H and O–H groups in total. The number of carbonyl (C=O) groups is 2. The van der Waals surface area contributed by atoms with Crippen LogP contribution >= 0.6 is 0 Å². The van der Waals surface area contributed by atoms with Crippen LogP contribution in [0.25, 0.3) is 0 Å². The van der Waals surface area contributed by atoms with E-state index in [0.29, 0.717) is 12.8 Å². The van der Waals surface area contributed by atoms with E-state index in [9.17, 15) is 14.7 Å². The summed E-state index contributed by atoms with van der Waals surface area (Å²) in [6.45, 7) is 7.44. The smallest absolute Gasteiger partial charge is 0.309 e. The molecule has 2 unspecified atom stereocenters. The number of carbonyl (C=O) groups excluding carboxylic acids is 1. The van der Waals surface area contributed by atoms with Gasteiger partial charge in [0.15, 0.2) is 0 Å². The first-order valence-electron chi connectivity index (χ1n) is 5.96. The van der Waals surface area contributed by atoms with Crippen LogP contribution in [0.3, 0.4) is 0 Å². The fraction of sp³-hybridized carbons (Fsp3) is 0.846. The van der Waals surface area contributed by atoms with E-state index >= 15 is 0 Å². The van der Waals surface area contributed by atoms with Gasteiger partial charge in [0, 0.05) is 14.1 Å². The molecule has 98 valence electrons. The predicted octanol–water partition coefficient (Wildman–Crippen LogP) is 1.99. The Balaban J connectivity index is 3.25. The Kier molecular flexibility index (Phi) is 3.06. The molecule has 0 aromatic rings. The van der Waals surface area contributed by atoms with Crippen LogP contribution < -0.4 is 0 Å². The van der Waals surface area contributed by atoms with Crippen LogP contribution in [0.4, 0.5) is 0 Å². The second-order valence-electron chi connectivity index (χ2n) is 6.29. The quantitative estimate of drug-likeness (QED) is 0.804. The predicted molar refractivity (Wildman–Crippen MR) is 65.6 cm³/mol. The largest absolute Gasteiger partial charge is 0.481 e. The van der Waals surface area contributed by atoms with E-state index in [1.807, 2.05) is 20.8 Å². The number of carboxylic acid groups (broad SMARTS) is 1. The van der Waals surface area contributed by atoms with Gasteiger partial charge in [0.1, 0.15) is 0 Å². The van der Waals surface area contributed by atoms with Gasteiger partial charge in [0.2, 0.25) is 5.91 Å². The van der Waals surface area contributed by atoms with Gasteiger partial charge in [-0.15, -0.1) is 0 Å². The van der Waals surface area contributed by atoms with E-state index in [0.717, 1.165) is 0 Å². The Bertz CT molecular complexity index is 362. The van der Waals surface area contributed by atoms with Crippen molar-refractivity contribution in [2.24, 2.45) is 16.2 Å². The first kappa shape index (κ1) is 14.0. The molecular formula is C13H23NO3. The maximum atomic E-state index is 12.3. The van der Waals surface area contributed by atoms with E-state index in [4.69, 9.17) is 0 Å². The Hall–Kier alpha value is -1.06. The highest BCUT2D eigenvalue weighted by atomic mass is 16.4. The molecule has 0 aliphatic heterocycles. The molecule has 1 amide bonds. The van der Waals surface area contributed by atoms with Crippen molar-refractivity contribution in [1.82, 2.24) is 4.90 Å².